The number of nitrogens with zero attached hydrogens (tertiary/aromatic N) is 1. The molecule has 0 bridgehead atoms. The molecule has 21 heavy (non-hydrogen) atoms. The Morgan fingerprint density at radius 1 is 1.52 bits per heavy atom. The number of nitrogens with one attached hydrogen (secondary N) is 1. The molecule has 1 aromatic carbocycles. The second-order valence-corrected chi connectivity index (χ2v) is 5.60. The molecule has 0 unspecified atom stereocenters. The maximum Gasteiger partial charge on any atom is 0.286 e. The van der Waals surface area contributed by atoms with Gasteiger partial charge in [0, 0.05) is 17.5 Å². The lowest BCUT2D eigenvalue weighted by Crippen LogP contribution is -2.23. The van der Waals surface area contributed by atoms with Crippen LogP contribution in [0.15, 0.2) is 28.1 Å². The Labute approximate surface area is 131 Å². The monoisotopic (exact) mass is 324 g/mol. The van der Waals surface area contributed by atoms with E-state index in [1.54, 1.807) is 24.3 Å². The van der Waals surface area contributed by atoms with E-state index in [1.807, 2.05) is 6.92 Å². The van der Waals surface area contributed by atoms with Crippen molar-refractivity contribution in [3.8, 4) is 5.75 Å². The molecular weight excluding hydrogens is 312 g/mol. The van der Waals surface area contributed by atoms with Crippen LogP contribution in [-0.4, -0.2) is 23.6 Å². The molecule has 0 fully saturated rings. The predicted molar refractivity (Wildman–Crippen MR) is 84.4 cm³/mol. The first kappa shape index (κ1) is 15.6. The summed E-state index contributed by atoms with van der Waals surface area (Å²) in [6.45, 7) is 3.74. The minimum absolute atomic E-state index is 0.270. The molecule has 1 aromatic rings. The van der Waals surface area contributed by atoms with Crippen molar-refractivity contribution in [3.05, 3.63) is 33.7 Å². The minimum atomic E-state index is -0.397. The normalized spacial score (nSPS) is 16.0. The predicted octanol–water partition coefficient (Wildman–Crippen LogP) is 2.85. The Morgan fingerprint density at radius 2 is 2.29 bits per heavy atom. The van der Waals surface area contributed by atoms with Crippen LogP contribution in [0.5, 0.6) is 5.75 Å². The number of halogens is 1. The first-order valence-corrected chi connectivity index (χ1v) is 7.41. The number of benzene rings is 1. The number of carbonyl (C=O) groups is 2. The molecule has 1 aliphatic rings. The van der Waals surface area contributed by atoms with Crippen LogP contribution in [0, 0.1) is 0 Å². The molecule has 5 nitrogen and oxygen atoms in total. The molecule has 0 radical (unpaired) electrons. The second-order valence-electron chi connectivity index (χ2n) is 4.13. The Morgan fingerprint density at radius 3 is 2.95 bits per heavy atom. The van der Waals surface area contributed by atoms with Crippen LogP contribution >= 0.6 is 23.4 Å². The fourth-order valence-electron chi connectivity index (χ4n) is 1.67. The summed E-state index contributed by atoms with van der Waals surface area (Å²) in [5.41, 5.74) is 0.694. The lowest BCUT2D eigenvalue weighted by molar-refractivity contribution is -0.117. The molecule has 1 heterocycles. The van der Waals surface area contributed by atoms with Gasteiger partial charge in [-0.3, -0.25) is 9.59 Å². The van der Waals surface area contributed by atoms with Crippen LogP contribution in [0.3, 0.4) is 0 Å². The van der Waals surface area contributed by atoms with Crippen molar-refractivity contribution in [1.29, 1.82) is 0 Å². The van der Waals surface area contributed by atoms with Gasteiger partial charge in [0.2, 0.25) is 5.91 Å². The highest BCUT2D eigenvalue weighted by atomic mass is 35.5. The molecular formula is C14H13ClN2O3S. The summed E-state index contributed by atoms with van der Waals surface area (Å²) in [6, 6.07) is 5.18. The standard InChI is InChI=1S/C14H13ClN2O3S/c1-3-20-11-5-4-10(15)6-9(11)7-12-13(19)17-14(21-12)16-8(2)18/h4-7H,3H2,1-2H3,(H,16,17,18,19)/b12-7-. The third-order valence-corrected chi connectivity index (χ3v) is 3.60. The zero-order valence-corrected chi connectivity index (χ0v) is 13.0. The van der Waals surface area contributed by atoms with E-state index in [4.69, 9.17) is 16.3 Å². The van der Waals surface area contributed by atoms with Crippen LogP contribution in [0.4, 0.5) is 0 Å². The van der Waals surface area contributed by atoms with Crippen LogP contribution < -0.4 is 10.1 Å². The van der Waals surface area contributed by atoms with Crippen molar-refractivity contribution in [2.75, 3.05) is 6.61 Å². The van der Waals surface area contributed by atoms with Crippen LogP contribution in [0.1, 0.15) is 19.4 Å². The topological polar surface area (TPSA) is 67.8 Å². The van der Waals surface area contributed by atoms with Gasteiger partial charge in [0.15, 0.2) is 5.17 Å². The van der Waals surface area contributed by atoms with E-state index in [1.165, 1.54) is 6.92 Å². The lowest BCUT2D eigenvalue weighted by atomic mass is 10.2. The van der Waals surface area contributed by atoms with E-state index in [0.29, 0.717) is 27.8 Å². The van der Waals surface area contributed by atoms with Gasteiger partial charge in [-0.1, -0.05) is 11.6 Å². The van der Waals surface area contributed by atoms with Crippen molar-refractivity contribution in [2.45, 2.75) is 13.8 Å². The van der Waals surface area contributed by atoms with Gasteiger partial charge in [-0.25, -0.2) is 0 Å². The van der Waals surface area contributed by atoms with E-state index in [9.17, 15) is 9.59 Å². The van der Waals surface area contributed by atoms with Gasteiger partial charge in [-0.05, 0) is 43.0 Å². The molecule has 110 valence electrons. The Kier molecular flexibility index (Phi) is 5.03. The number of ether oxygens (including phenoxy) is 1. The van der Waals surface area contributed by atoms with E-state index in [-0.39, 0.29) is 11.1 Å². The number of carbonyl (C=O) groups excluding carboxylic acids is 2. The average Bonchev–Trinajstić information content (AvgIpc) is 2.72. The quantitative estimate of drug-likeness (QED) is 0.868. The summed E-state index contributed by atoms with van der Waals surface area (Å²) >= 11 is 7.08. The first-order chi connectivity index (χ1) is 9.99. The van der Waals surface area contributed by atoms with Crippen molar-refractivity contribution >= 4 is 46.4 Å². The van der Waals surface area contributed by atoms with Crippen molar-refractivity contribution < 1.29 is 14.3 Å². The molecule has 2 amide bonds. The van der Waals surface area contributed by atoms with E-state index >= 15 is 0 Å². The van der Waals surface area contributed by atoms with Gasteiger partial charge in [0.25, 0.3) is 5.91 Å². The summed E-state index contributed by atoms with van der Waals surface area (Å²) in [6.07, 6.45) is 1.65. The highest BCUT2D eigenvalue weighted by molar-refractivity contribution is 8.18. The number of rotatable bonds is 3. The lowest BCUT2D eigenvalue weighted by Gasteiger charge is -2.08. The number of aliphatic imine (C=N–C) groups is 1. The highest BCUT2D eigenvalue weighted by Gasteiger charge is 2.23. The number of thioether (sulfide) groups is 1. The van der Waals surface area contributed by atoms with Crippen molar-refractivity contribution in [2.24, 2.45) is 4.99 Å². The molecule has 0 aliphatic carbocycles. The Hall–Kier alpha value is -1.79. The smallest absolute Gasteiger partial charge is 0.286 e. The van der Waals surface area contributed by atoms with E-state index < -0.39 is 5.91 Å². The van der Waals surface area contributed by atoms with Gasteiger partial charge in [-0.2, -0.15) is 4.99 Å². The minimum Gasteiger partial charge on any atom is -0.493 e. The Bertz CT molecular complexity index is 656. The molecule has 1 N–H and O–H groups in total. The first-order valence-electron chi connectivity index (χ1n) is 6.22. The average molecular weight is 325 g/mol. The second kappa shape index (κ2) is 6.78. The number of hydrogen-bond acceptors (Lipinski definition) is 4. The Balaban J connectivity index is 2.27. The zero-order chi connectivity index (χ0) is 15.4. The third kappa shape index (κ3) is 4.09. The summed E-state index contributed by atoms with van der Waals surface area (Å²) < 4.78 is 5.50. The zero-order valence-electron chi connectivity index (χ0n) is 11.5. The number of amides is 2. The molecule has 0 aromatic heterocycles. The maximum atomic E-state index is 11.8. The summed E-state index contributed by atoms with van der Waals surface area (Å²) in [5, 5.41) is 3.32. The summed E-state index contributed by atoms with van der Waals surface area (Å²) in [4.78, 5) is 27.0. The third-order valence-electron chi connectivity index (χ3n) is 2.46. The van der Waals surface area contributed by atoms with Gasteiger partial charge in [-0.15, -0.1) is 0 Å². The maximum absolute atomic E-state index is 11.8. The number of amidine groups is 1. The number of hydrogen-bond donors (Lipinski definition) is 1. The van der Waals surface area contributed by atoms with Gasteiger partial charge in [0.05, 0.1) is 11.5 Å². The van der Waals surface area contributed by atoms with Gasteiger partial charge < -0.3 is 10.1 Å². The molecule has 7 heteroatoms. The van der Waals surface area contributed by atoms with Crippen molar-refractivity contribution in [3.63, 3.8) is 0 Å². The molecule has 1 aliphatic heterocycles. The van der Waals surface area contributed by atoms with E-state index in [2.05, 4.69) is 10.3 Å². The van der Waals surface area contributed by atoms with Gasteiger partial charge in [0.1, 0.15) is 5.75 Å². The largest absolute Gasteiger partial charge is 0.493 e. The van der Waals surface area contributed by atoms with Crippen LogP contribution in [0.25, 0.3) is 6.08 Å². The van der Waals surface area contributed by atoms with Crippen LogP contribution in [-0.2, 0) is 9.59 Å². The molecule has 2 rings (SSSR count). The van der Waals surface area contributed by atoms with Crippen molar-refractivity contribution in [1.82, 2.24) is 5.32 Å². The molecule has 0 spiro atoms. The SMILES string of the molecule is CCOc1ccc(Cl)cc1/C=C1\SC(NC(C)=O)=NC1=O. The molecule has 0 saturated heterocycles. The summed E-state index contributed by atoms with van der Waals surface area (Å²) in [7, 11) is 0. The fourth-order valence-corrected chi connectivity index (χ4v) is 2.70. The highest BCUT2D eigenvalue weighted by Crippen LogP contribution is 2.31. The molecule has 0 saturated carbocycles. The summed E-state index contributed by atoms with van der Waals surface area (Å²) in [5.74, 6) is -0.0324. The molecule has 0 atom stereocenters. The van der Waals surface area contributed by atoms with E-state index in [0.717, 1.165) is 11.8 Å². The van der Waals surface area contributed by atoms with Gasteiger partial charge >= 0.3 is 0 Å². The van der Waals surface area contributed by atoms with Crippen LogP contribution in [0.2, 0.25) is 5.02 Å². The fraction of sp³-hybridized carbons (Fsp3) is 0.214.